The molecule has 0 atom stereocenters. The Morgan fingerprint density at radius 1 is 1.00 bits per heavy atom. The molecule has 1 aliphatic heterocycles. The molecule has 0 N–H and O–H groups in total. The molecule has 2 heterocycles. The fraction of sp³-hybridized carbons (Fsp3) is 0.238. The van der Waals surface area contributed by atoms with Crippen LogP contribution in [0.25, 0.3) is 5.69 Å². The molecule has 1 aromatic heterocycles. The number of anilines is 1. The van der Waals surface area contributed by atoms with Crippen LogP contribution < -0.4 is 4.90 Å². The topological polar surface area (TPSA) is 41.4 Å². The van der Waals surface area contributed by atoms with Crippen LogP contribution in [-0.4, -0.2) is 46.8 Å². The number of rotatable bonds is 3. The zero-order valence-electron chi connectivity index (χ0n) is 15.8. The molecular weight excluding hydrogens is 414 g/mol. The number of amides is 1. The van der Waals surface area contributed by atoms with Crippen LogP contribution in [0.3, 0.4) is 0 Å². The lowest BCUT2D eigenvalue weighted by atomic mass is 10.2. The van der Waals surface area contributed by atoms with Crippen molar-refractivity contribution in [1.29, 1.82) is 0 Å². The van der Waals surface area contributed by atoms with Gasteiger partial charge in [0.25, 0.3) is 5.91 Å². The average Bonchev–Trinajstić information content (AvgIpc) is 3.02. The molecule has 1 saturated heterocycles. The molecule has 0 aliphatic carbocycles. The number of benzene rings is 2. The van der Waals surface area contributed by atoms with Gasteiger partial charge in [-0.05, 0) is 49.4 Å². The molecule has 4 rings (SSSR count). The van der Waals surface area contributed by atoms with Gasteiger partial charge in [0.2, 0.25) is 0 Å². The zero-order chi connectivity index (χ0) is 20.5. The van der Waals surface area contributed by atoms with Crippen molar-refractivity contribution < 1.29 is 9.18 Å². The third-order valence-electron chi connectivity index (χ3n) is 5.03. The summed E-state index contributed by atoms with van der Waals surface area (Å²) < 4.78 is 14.7. The number of nitrogens with zero attached hydrogens (tertiary/aromatic N) is 4. The lowest BCUT2D eigenvalue weighted by molar-refractivity contribution is 0.0746. The van der Waals surface area contributed by atoms with Crippen molar-refractivity contribution in [3.05, 3.63) is 75.8 Å². The van der Waals surface area contributed by atoms with E-state index in [-0.39, 0.29) is 16.9 Å². The fourth-order valence-electron chi connectivity index (χ4n) is 3.49. The summed E-state index contributed by atoms with van der Waals surface area (Å²) in [5, 5.41) is 5.31. The Morgan fingerprint density at radius 3 is 2.34 bits per heavy atom. The molecule has 8 heteroatoms. The van der Waals surface area contributed by atoms with Gasteiger partial charge < -0.3 is 9.80 Å². The van der Waals surface area contributed by atoms with E-state index in [9.17, 15) is 9.18 Å². The van der Waals surface area contributed by atoms with Crippen LogP contribution in [0.1, 0.15) is 16.1 Å². The number of hydrogen-bond acceptors (Lipinski definition) is 3. The third-order valence-corrected chi connectivity index (χ3v) is 5.61. The molecule has 1 fully saturated rings. The monoisotopic (exact) mass is 432 g/mol. The Kier molecular flexibility index (Phi) is 5.48. The summed E-state index contributed by atoms with van der Waals surface area (Å²) in [5.74, 6) is -0.491. The molecular formula is C21H19Cl2FN4O. The first-order valence-electron chi connectivity index (χ1n) is 9.25. The van der Waals surface area contributed by atoms with Crippen molar-refractivity contribution in [2.75, 3.05) is 31.1 Å². The van der Waals surface area contributed by atoms with Gasteiger partial charge >= 0.3 is 0 Å². The predicted molar refractivity (Wildman–Crippen MR) is 113 cm³/mol. The van der Waals surface area contributed by atoms with Gasteiger partial charge in [-0.25, -0.2) is 9.07 Å². The molecule has 0 saturated carbocycles. The Labute approximate surface area is 178 Å². The number of piperazine rings is 1. The summed E-state index contributed by atoms with van der Waals surface area (Å²) in [4.78, 5) is 17.1. The van der Waals surface area contributed by atoms with E-state index < -0.39 is 0 Å². The van der Waals surface area contributed by atoms with Crippen LogP contribution in [0.2, 0.25) is 10.2 Å². The number of aryl methyl sites for hydroxylation is 1. The van der Waals surface area contributed by atoms with Crippen LogP contribution in [0.4, 0.5) is 10.1 Å². The minimum absolute atomic E-state index is 0.147. The first kappa shape index (κ1) is 19.7. The van der Waals surface area contributed by atoms with Crippen molar-refractivity contribution in [3.8, 4) is 5.69 Å². The Bertz CT molecular complexity index is 1040. The summed E-state index contributed by atoms with van der Waals surface area (Å²) in [6.07, 6.45) is 0. The molecule has 0 spiro atoms. The second-order valence-corrected chi connectivity index (χ2v) is 7.69. The van der Waals surface area contributed by atoms with Crippen molar-refractivity contribution in [1.82, 2.24) is 14.7 Å². The minimum atomic E-state index is -0.345. The lowest BCUT2D eigenvalue weighted by Gasteiger charge is -2.36. The van der Waals surface area contributed by atoms with E-state index in [1.54, 1.807) is 24.0 Å². The van der Waals surface area contributed by atoms with Crippen LogP contribution >= 0.6 is 23.2 Å². The molecule has 0 unspecified atom stereocenters. The van der Waals surface area contributed by atoms with Gasteiger partial charge in [0.1, 0.15) is 11.0 Å². The van der Waals surface area contributed by atoms with Crippen LogP contribution in [0.5, 0.6) is 0 Å². The largest absolute Gasteiger partial charge is 0.368 e. The minimum Gasteiger partial charge on any atom is -0.368 e. The second-order valence-electron chi connectivity index (χ2n) is 6.90. The average molecular weight is 433 g/mol. The fourth-order valence-corrected chi connectivity index (χ4v) is 4.03. The van der Waals surface area contributed by atoms with Gasteiger partial charge in [-0.15, -0.1) is 0 Å². The highest BCUT2D eigenvalue weighted by molar-refractivity contribution is 6.33. The normalized spacial score (nSPS) is 14.3. The van der Waals surface area contributed by atoms with Crippen LogP contribution in [0.15, 0.2) is 48.5 Å². The highest BCUT2D eigenvalue weighted by Gasteiger charge is 2.28. The number of aromatic nitrogens is 2. The first-order valence-corrected chi connectivity index (χ1v) is 10.0. The van der Waals surface area contributed by atoms with Gasteiger partial charge in [-0.3, -0.25) is 4.79 Å². The predicted octanol–water partition coefficient (Wildman–Crippen LogP) is 4.59. The van der Waals surface area contributed by atoms with Crippen molar-refractivity contribution in [2.24, 2.45) is 0 Å². The first-order chi connectivity index (χ1) is 13.9. The van der Waals surface area contributed by atoms with Gasteiger partial charge in [0.05, 0.1) is 16.9 Å². The maximum Gasteiger partial charge on any atom is 0.259 e. The SMILES string of the molecule is Cc1nn(-c2ccc(F)cc2)c(Cl)c1C(=O)N1CCN(c2cccc(Cl)c2)CC1. The molecule has 5 nitrogen and oxygen atoms in total. The summed E-state index contributed by atoms with van der Waals surface area (Å²) in [6.45, 7) is 4.30. The number of carbonyl (C=O) groups is 1. The summed E-state index contributed by atoms with van der Waals surface area (Å²) in [7, 11) is 0. The molecule has 29 heavy (non-hydrogen) atoms. The summed E-state index contributed by atoms with van der Waals surface area (Å²) in [5.41, 5.74) is 2.57. The molecule has 2 aromatic carbocycles. The van der Waals surface area contributed by atoms with E-state index in [4.69, 9.17) is 23.2 Å². The number of carbonyl (C=O) groups excluding carboxylic acids is 1. The van der Waals surface area contributed by atoms with Crippen LogP contribution in [0, 0.1) is 12.7 Å². The van der Waals surface area contributed by atoms with E-state index in [0.29, 0.717) is 48.1 Å². The lowest BCUT2D eigenvalue weighted by Crippen LogP contribution is -2.49. The molecule has 150 valence electrons. The van der Waals surface area contributed by atoms with Gasteiger partial charge in [0, 0.05) is 36.9 Å². The quantitative estimate of drug-likeness (QED) is 0.607. The maximum absolute atomic E-state index is 13.2. The Balaban J connectivity index is 1.51. The zero-order valence-corrected chi connectivity index (χ0v) is 17.3. The van der Waals surface area contributed by atoms with Crippen molar-refractivity contribution in [3.63, 3.8) is 0 Å². The van der Waals surface area contributed by atoms with Gasteiger partial charge in [0.15, 0.2) is 0 Å². The van der Waals surface area contributed by atoms with E-state index in [0.717, 1.165) is 5.69 Å². The van der Waals surface area contributed by atoms with Crippen LogP contribution in [-0.2, 0) is 0 Å². The van der Waals surface area contributed by atoms with E-state index in [1.165, 1.54) is 16.8 Å². The molecule has 0 radical (unpaired) electrons. The standard InChI is InChI=1S/C21H19Cl2FN4O/c1-14-19(20(23)28(25-14)17-7-5-16(24)6-8-17)21(29)27-11-9-26(10-12-27)18-4-2-3-15(22)13-18/h2-8,13H,9-12H2,1H3. The maximum atomic E-state index is 13.2. The highest BCUT2D eigenvalue weighted by Crippen LogP contribution is 2.26. The Morgan fingerprint density at radius 2 is 1.69 bits per heavy atom. The number of hydrogen-bond donors (Lipinski definition) is 0. The summed E-state index contributed by atoms with van der Waals surface area (Å²) in [6, 6.07) is 13.5. The number of halogens is 3. The third kappa shape index (κ3) is 3.95. The van der Waals surface area contributed by atoms with E-state index >= 15 is 0 Å². The summed E-state index contributed by atoms with van der Waals surface area (Å²) >= 11 is 12.6. The van der Waals surface area contributed by atoms with Crippen molar-refractivity contribution in [2.45, 2.75) is 6.92 Å². The molecule has 1 amide bonds. The second kappa shape index (κ2) is 8.05. The van der Waals surface area contributed by atoms with E-state index in [2.05, 4.69) is 10.00 Å². The molecule has 1 aliphatic rings. The molecule has 3 aromatic rings. The smallest absolute Gasteiger partial charge is 0.259 e. The highest BCUT2D eigenvalue weighted by atomic mass is 35.5. The molecule has 0 bridgehead atoms. The van der Waals surface area contributed by atoms with Crippen molar-refractivity contribution >= 4 is 34.8 Å². The van der Waals surface area contributed by atoms with Gasteiger partial charge in [-0.1, -0.05) is 29.3 Å². The van der Waals surface area contributed by atoms with E-state index in [1.807, 2.05) is 24.3 Å². The Hall–Kier alpha value is -2.57. The van der Waals surface area contributed by atoms with Gasteiger partial charge in [-0.2, -0.15) is 5.10 Å².